The molecule has 1 aromatic carbocycles. The number of hydrogen-bond donors (Lipinski definition) is 2. The fourth-order valence-corrected chi connectivity index (χ4v) is 1.89. The highest BCUT2D eigenvalue weighted by Gasteiger charge is 2.10. The van der Waals surface area contributed by atoms with E-state index in [1.54, 1.807) is 24.5 Å². The standard InChI is InChI=1S/C10H9BrN2O2/c1-15-10-2-7(6-4-12-13-5-6)8(11)3-9(10)14/h2-5,14H,1H3,(H,12,13). The van der Waals surface area contributed by atoms with E-state index in [1.165, 1.54) is 7.11 Å². The third-order valence-electron chi connectivity index (χ3n) is 2.08. The molecule has 4 nitrogen and oxygen atoms in total. The first-order valence-corrected chi connectivity index (χ1v) is 5.07. The number of aromatic nitrogens is 2. The van der Waals surface area contributed by atoms with Gasteiger partial charge in [-0.2, -0.15) is 5.10 Å². The molecule has 1 aromatic heterocycles. The van der Waals surface area contributed by atoms with E-state index in [2.05, 4.69) is 26.1 Å². The summed E-state index contributed by atoms with van der Waals surface area (Å²) in [5.74, 6) is 0.547. The van der Waals surface area contributed by atoms with Gasteiger partial charge >= 0.3 is 0 Å². The van der Waals surface area contributed by atoms with E-state index in [1.807, 2.05) is 0 Å². The molecule has 2 aromatic rings. The summed E-state index contributed by atoms with van der Waals surface area (Å²) in [6.45, 7) is 0. The maximum absolute atomic E-state index is 9.53. The number of aromatic hydroxyl groups is 1. The van der Waals surface area contributed by atoms with E-state index in [9.17, 15) is 5.11 Å². The molecule has 0 bridgehead atoms. The number of benzene rings is 1. The topological polar surface area (TPSA) is 58.1 Å². The lowest BCUT2D eigenvalue weighted by Crippen LogP contribution is -1.86. The Kier molecular flexibility index (Phi) is 2.64. The SMILES string of the molecule is COc1cc(-c2cn[nH]c2)c(Br)cc1O. The van der Waals surface area contributed by atoms with Crippen molar-refractivity contribution in [3.8, 4) is 22.6 Å². The maximum Gasteiger partial charge on any atom is 0.161 e. The van der Waals surface area contributed by atoms with E-state index in [-0.39, 0.29) is 5.75 Å². The Morgan fingerprint density at radius 3 is 2.87 bits per heavy atom. The van der Waals surface area contributed by atoms with E-state index in [0.29, 0.717) is 5.75 Å². The second-order valence-corrected chi connectivity index (χ2v) is 3.85. The summed E-state index contributed by atoms with van der Waals surface area (Å²) in [6, 6.07) is 3.35. The zero-order valence-corrected chi connectivity index (χ0v) is 9.58. The predicted octanol–water partition coefficient (Wildman–Crippen LogP) is 2.55. The summed E-state index contributed by atoms with van der Waals surface area (Å²) in [4.78, 5) is 0. The molecule has 0 saturated heterocycles. The van der Waals surface area contributed by atoms with Crippen LogP contribution in [0.4, 0.5) is 0 Å². The Labute approximate surface area is 95.0 Å². The molecule has 0 fully saturated rings. The van der Waals surface area contributed by atoms with Crippen LogP contribution in [0.2, 0.25) is 0 Å². The first-order valence-electron chi connectivity index (χ1n) is 4.28. The van der Waals surface area contributed by atoms with Gasteiger partial charge in [0.15, 0.2) is 11.5 Å². The molecule has 78 valence electrons. The molecule has 1 heterocycles. The van der Waals surface area contributed by atoms with Crippen LogP contribution in [-0.4, -0.2) is 22.4 Å². The molecular weight excluding hydrogens is 260 g/mol. The average Bonchev–Trinajstić information content (AvgIpc) is 2.71. The van der Waals surface area contributed by atoms with Gasteiger partial charge in [-0.25, -0.2) is 0 Å². The Morgan fingerprint density at radius 1 is 1.47 bits per heavy atom. The highest BCUT2D eigenvalue weighted by atomic mass is 79.9. The number of methoxy groups -OCH3 is 1. The first-order chi connectivity index (χ1) is 7.22. The number of halogens is 1. The van der Waals surface area contributed by atoms with E-state index >= 15 is 0 Å². The molecule has 0 aliphatic rings. The number of aromatic amines is 1. The second kappa shape index (κ2) is 3.94. The Bertz CT molecular complexity index is 469. The number of phenols is 1. The van der Waals surface area contributed by atoms with Gasteiger partial charge in [-0.05, 0) is 12.1 Å². The Balaban J connectivity index is 2.57. The number of hydrogen-bond acceptors (Lipinski definition) is 3. The van der Waals surface area contributed by atoms with E-state index < -0.39 is 0 Å². The zero-order chi connectivity index (χ0) is 10.8. The highest BCUT2D eigenvalue weighted by Crippen LogP contribution is 2.37. The predicted molar refractivity (Wildman–Crippen MR) is 59.9 cm³/mol. The summed E-state index contributed by atoms with van der Waals surface area (Å²) in [7, 11) is 1.52. The number of H-pyrrole nitrogens is 1. The van der Waals surface area contributed by atoms with Crippen molar-refractivity contribution in [3.63, 3.8) is 0 Å². The normalized spacial score (nSPS) is 10.3. The minimum atomic E-state index is 0.108. The molecule has 0 unspecified atom stereocenters. The molecule has 0 spiro atoms. The van der Waals surface area contributed by atoms with E-state index in [4.69, 9.17) is 4.74 Å². The molecule has 0 saturated carbocycles. The lowest BCUT2D eigenvalue weighted by atomic mass is 10.1. The van der Waals surface area contributed by atoms with Crippen LogP contribution in [0.1, 0.15) is 0 Å². The first kappa shape index (κ1) is 10.0. The van der Waals surface area contributed by atoms with E-state index in [0.717, 1.165) is 15.6 Å². The van der Waals surface area contributed by atoms with Crippen molar-refractivity contribution >= 4 is 15.9 Å². The van der Waals surface area contributed by atoms with Gasteiger partial charge in [0.1, 0.15) is 0 Å². The Hall–Kier alpha value is -1.49. The van der Waals surface area contributed by atoms with Gasteiger partial charge in [0.25, 0.3) is 0 Å². The van der Waals surface area contributed by atoms with Crippen molar-refractivity contribution in [1.29, 1.82) is 0 Å². The number of phenolic OH excluding ortho intramolecular Hbond substituents is 1. The molecule has 5 heteroatoms. The summed E-state index contributed by atoms with van der Waals surface area (Å²) in [5, 5.41) is 16.1. The van der Waals surface area contributed by atoms with Crippen molar-refractivity contribution in [2.75, 3.05) is 7.11 Å². The van der Waals surface area contributed by atoms with Crippen LogP contribution in [0, 0.1) is 0 Å². The van der Waals surface area contributed by atoms with Crippen molar-refractivity contribution in [3.05, 3.63) is 29.0 Å². The van der Waals surface area contributed by atoms with Crippen LogP contribution < -0.4 is 4.74 Å². The molecular formula is C10H9BrN2O2. The van der Waals surface area contributed by atoms with Gasteiger partial charge in [-0.15, -0.1) is 0 Å². The molecule has 0 atom stereocenters. The fraction of sp³-hybridized carbons (Fsp3) is 0.100. The number of nitrogens with zero attached hydrogens (tertiary/aromatic N) is 1. The van der Waals surface area contributed by atoms with Gasteiger partial charge in [0.2, 0.25) is 0 Å². The van der Waals surface area contributed by atoms with Crippen LogP contribution in [0.15, 0.2) is 29.0 Å². The van der Waals surface area contributed by atoms with Crippen molar-refractivity contribution in [2.45, 2.75) is 0 Å². The van der Waals surface area contributed by atoms with Crippen LogP contribution in [-0.2, 0) is 0 Å². The van der Waals surface area contributed by atoms with Gasteiger partial charge < -0.3 is 9.84 Å². The molecule has 2 rings (SSSR count). The third kappa shape index (κ3) is 1.83. The fourth-order valence-electron chi connectivity index (χ4n) is 1.33. The van der Waals surface area contributed by atoms with Crippen LogP contribution in [0.5, 0.6) is 11.5 Å². The van der Waals surface area contributed by atoms with Crippen molar-refractivity contribution in [2.24, 2.45) is 0 Å². The average molecular weight is 269 g/mol. The molecule has 0 aliphatic heterocycles. The largest absolute Gasteiger partial charge is 0.504 e. The summed E-state index contributed by atoms with van der Waals surface area (Å²) in [6.07, 6.45) is 3.48. The van der Waals surface area contributed by atoms with Crippen LogP contribution >= 0.6 is 15.9 Å². The number of nitrogens with one attached hydrogen (secondary N) is 1. The minimum Gasteiger partial charge on any atom is -0.504 e. The van der Waals surface area contributed by atoms with Crippen molar-refractivity contribution in [1.82, 2.24) is 10.2 Å². The third-order valence-corrected chi connectivity index (χ3v) is 2.73. The van der Waals surface area contributed by atoms with Crippen LogP contribution in [0.3, 0.4) is 0 Å². The lowest BCUT2D eigenvalue weighted by Gasteiger charge is -2.07. The van der Waals surface area contributed by atoms with Gasteiger partial charge in [-0.3, -0.25) is 5.10 Å². The number of rotatable bonds is 2. The zero-order valence-electron chi connectivity index (χ0n) is 7.99. The lowest BCUT2D eigenvalue weighted by molar-refractivity contribution is 0.373. The van der Waals surface area contributed by atoms with Crippen LogP contribution in [0.25, 0.3) is 11.1 Å². The molecule has 15 heavy (non-hydrogen) atoms. The summed E-state index contributed by atoms with van der Waals surface area (Å²) < 4.78 is 5.83. The summed E-state index contributed by atoms with van der Waals surface area (Å²) in [5.41, 5.74) is 1.85. The Morgan fingerprint density at radius 2 is 2.27 bits per heavy atom. The highest BCUT2D eigenvalue weighted by molar-refractivity contribution is 9.10. The molecule has 0 aliphatic carbocycles. The second-order valence-electron chi connectivity index (χ2n) is 2.99. The smallest absolute Gasteiger partial charge is 0.161 e. The summed E-state index contributed by atoms with van der Waals surface area (Å²) >= 11 is 3.37. The quantitative estimate of drug-likeness (QED) is 0.880. The molecule has 2 N–H and O–H groups in total. The van der Waals surface area contributed by atoms with Gasteiger partial charge in [0.05, 0.1) is 13.3 Å². The maximum atomic E-state index is 9.53. The molecule has 0 radical (unpaired) electrons. The minimum absolute atomic E-state index is 0.108. The van der Waals surface area contributed by atoms with Gasteiger partial charge in [-0.1, -0.05) is 15.9 Å². The van der Waals surface area contributed by atoms with Gasteiger partial charge in [0, 0.05) is 21.8 Å². The monoisotopic (exact) mass is 268 g/mol. The number of ether oxygens (including phenoxy) is 1. The molecule has 0 amide bonds. The van der Waals surface area contributed by atoms with Crippen molar-refractivity contribution < 1.29 is 9.84 Å².